The molecule has 0 saturated carbocycles. The van der Waals surface area contributed by atoms with Crippen LogP contribution in [0.2, 0.25) is 0 Å². The van der Waals surface area contributed by atoms with Crippen molar-refractivity contribution in [2.45, 2.75) is 50.0 Å². The molecule has 0 aliphatic carbocycles. The molecule has 0 aliphatic rings. The Morgan fingerprint density at radius 2 is 1.25 bits per heavy atom. The Labute approximate surface area is 104 Å². The molecule has 0 fully saturated rings. The quantitative estimate of drug-likeness (QED) is 0.692. The summed E-state index contributed by atoms with van der Waals surface area (Å²) in [5.41, 5.74) is 0. The standard InChI is InChI=1S/C8H7F11O/c1-3(7(14,15)16)20-6(13,8(17,18)19)4(9)2-5(10,11)12/h3-4H,2H2,1H3. The maximum atomic E-state index is 13.3. The van der Waals surface area contributed by atoms with Gasteiger partial charge in [0.1, 0.15) is 0 Å². The van der Waals surface area contributed by atoms with Gasteiger partial charge in [-0.2, -0.15) is 43.9 Å². The molecule has 0 rings (SSSR count). The lowest BCUT2D eigenvalue weighted by atomic mass is 10.1. The molecule has 3 atom stereocenters. The Hall–Kier alpha value is -0.810. The molecule has 20 heavy (non-hydrogen) atoms. The van der Waals surface area contributed by atoms with Crippen LogP contribution in [0.25, 0.3) is 0 Å². The second-order valence-electron chi connectivity index (χ2n) is 3.73. The molecule has 0 amide bonds. The molecule has 0 radical (unpaired) electrons. The fourth-order valence-corrected chi connectivity index (χ4v) is 0.977. The van der Waals surface area contributed by atoms with Crippen LogP contribution in [0.5, 0.6) is 0 Å². The summed E-state index contributed by atoms with van der Waals surface area (Å²) in [7, 11) is 0. The van der Waals surface area contributed by atoms with Crippen LogP contribution in [0.4, 0.5) is 48.3 Å². The van der Waals surface area contributed by atoms with Gasteiger partial charge in [0.2, 0.25) is 0 Å². The van der Waals surface area contributed by atoms with E-state index in [0.717, 1.165) is 0 Å². The van der Waals surface area contributed by atoms with Gasteiger partial charge in [0.15, 0.2) is 12.3 Å². The summed E-state index contributed by atoms with van der Waals surface area (Å²) in [6, 6.07) is 0. The van der Waals surface area contributed by atoms with Gasteiger partial charge in [-0.15, -0.1) is 0 Å². The van der Waals surface area contributed by atoms with Crippen LogP contribution in [0.15, 0.2) is 0 Å². The van der Waals surface area contributed by atoms with E-state index in [-0.39, 0.29) is 6.92 Å². The van der Waals surface area contributed by atoms with Gasteiger partial charge in [0.25, 0.3) is 0 Å². The first-order valence-corrected chi connectivity index (χ1v) is 4.71. The van der Waals surface area contributed by atoms with Crippen LogP contribution in [0.3, 0.4) is 0 Å². The van der Waals surface area contributed by atoms with E-state index in [4.69, 9.17) is 0 Å². The second kappa shape index (κ2) is 5.53. The zero-order valence-corrected chi connectivity index (χ0v) is 9.43. The van der Waals surface area contributed by atoms with Crippen molar-refractivity contribution in [3.05, 3.63) is 0 Å². The monoisotopic (exact) mass is 328 g/mol. The van der Waals surface area contributed by atoms with E-state index in [0.29, 0.717) is 0 Å². The van der Waals surface area contributed by atoms with Gasteiger partial charge in [-0.3, -0.25) is 0 Å². The Kier molecular flexibility index (Phi) is 5.30. The largest absolute Gasteiger partial charge is 0.451 e. The summed E-state index contributed by atoms with van der Waals surface area (Å²) >= 11 is 0. The highest BCUT2D eigenvalue weighted by atomic mass is 19.4. The molecule has 0 aromatic rings. The van der Waals surface area contributed by atoms with E-state index in [1.54, 1.807) is 0 Å². The lowest BCUT2D eigenvalue weighted by Gasteiger charge is -2.33. The smallest absolute Gasteiger partial charge is 0.324 e. The molecular weight excluding hydrogens is 321 g/mol. The first-order chi connectivity index (χ1) is 8.51. The van der Waals surface area contributed by atoms with Crippen molar-refractivity contribution in [1.29, 1.82) is 0 Å². The molecule has 0 spiro atoms. The summed E-state index contributed by atoms with van der Waals surface area (Å²) in [6.07, 6.45) is -28.3. The number of alkyl halides is 11. The number of rotatable bonds is 4. The third-order valence-corrected chi connectivity index (χ3v) is 2.01. The predicted molar refractivity (Wildman–Crippen MR) is 42.1 cm³/mol. The molecule has 0 bridgehead atoms. The number of hydrogen-bond donors (Lipinski definition) is 0. The maximum absolute atomic E-state index is 13.3. The minimum Gasteiger partial charge on any atom is -0.324 e. The fraction of sp³-hybridized carbons (Fsp3) is 1.00. The zero-order valence-electron chi connectivity index (χ0n) is 9.43. The normalized spacial score (nSPS) is 20.4. The summed E-state index contributed by atoms with van der Waals surface area (Å²) in [5, 5.41) is 0. The van der Waals surface area contributed by atoms with Gasteiger partial charge in [-0.05, 0) is 6.92 Å². The molecule has 0 aromatic heterocycles. The van der Waals surface area contributed by atoms with E-state index in [2.05, 4.69) is 4.74 Å². The average Bonchev–Trinajstić information content (AvgIpc) is 2.10. The van der Waals surface area contributed by atoms with Crippen LogP contribution in [0.1, 0.15) is 13.3 Å². The molecule has 122 valence electrons. The Balaban J connectivity index is 5.33. The second-order valence-corrected chi connectivity index (χ2v) is 3.73. The lowest BCUT2D eigenvalue weighted by molar-refractivity contribution is -0.391. The van der Waals surface area contributed by atoms with Crippen molar-refractivity contribution in [3.63, 3.8) is 0 Å². The topological polar surface area (TPSA) is 9.23 Å². The number of halogens is 11. The Bertz CT molecular complexity index is 316. The van der Waals surface area contributed by atoms with E-state index >= 15 is 0 Å². The maximum Gasteiger partial charge on any atom is 0.451 e. The molecular formula is C8H7F11O. The fourth-order valence-electron chi connectivity index (χ4n) is 0.977. The minimum absolute atomic E-state index is 0.0968. The van der Waals surface area contributed by atoms with Crippen LogP contribution in [-0.4, -0.2) is 36.7 Å². The van der Waals surface area contributed by atoms with Crippen molar-refractivity contribution in [3.8, 4) is 0 Å². The molecule has 0 aliphatic heterocycles. The van der Waals surface area contributed by atoms with Crippen molar-refractivity contribution in [1.82, 2.24) is 0 Å². The molecule has 0 N–H and O–H groups in total. The van der Waals surface area contributed by atoms with Crippen molar-refractivity contribution in [2.75, 3.05) is 0 Å². The molecule has 0 saturated heterocycles. The Morgan fingerprint density at radius 1 is 0.850 bits per heavy atom. The average molecular weight is 328 g/mol. The van der Waals surface area contributed by atoms with Crippen LogP contribution in [-0.2, 0) is 4.74 Å². The summed E-state index contributed by atoms with van der Waals surface area (Å²) in [4.78, 5) is 0. The molecule has 3 unspecified atom stereocenters. The van der Waals surface area contributed by atoms with Gasteiger partial charge in [0.05, 0.1) is 6.42 Å². The van der Waals surface area contributed by atoms with Gasteiger partial charge in [0, 0.05) is 0 Å². The highest BCUT2D eigenvalue weighted by Gasteiger charge is 2.67. The third kappa shape index (κ3) is 4.94. The summed E-state index contributed by atoms with van der Waals surface area (Å²) in [5.74, 6) is -5.72. The first-order valence-electron chi connectivity index (χ1n) is 4.71. The summed E-state index contributed by atoms with van der Waals surface area (Å²) < 4.78 is 137. The van der Waals surface area contributed by atoms with E-state index in [1.165, 1.54) is 0 Å². The molecule has 0 aromatic carbocycles. The zero-order chi connectivity index (χ0) is 16.6. The molecule has 0 heterocycles. The highest BCUT2D eigenvalue weighted by molar-refractivity contribution is 4.89. The lowest BCUT2D eigenvalue weighted by Crippen LogP contribution is -2.55. The van der Waals surface area contributed by atoms with E-state index < -0.39 is 43.1 Å². The third-order valence-electron chi connectivity index (χ3n) is 2.01. The van der Waals surface area contributed by atoms with Crippen LogP contribution >= 0.6 is 0 Å². The van der Waals surface area contributed by atoms with Crippen LogP contribution < -0.4 is 0 Å². The first kappa shape index (κ1) is 19.2. The van der Waals surface area contributed by atoms with Crippen molar-refractivity contribution in [2.24, 2.45) is 0 Å². The summed E-state index contributed by atoms with van der Waals surface area (Å²) in [6.45, 7) is -0.0968. The van der Waals surface area contributed by atoms with Gasteiger partial charge >= 0.3 is 24.4 Å². The number of ether oxygens (including phenoxy) is 1. The van der Waals surface area contributed by atoms with Gasteiger partial charge in [-0.1, -0.05) is 0 Å². The molecule has 1 nitrogen and oxygen atoms in total. The van der Waals surface area contributed by atoms with E-state index in [9.17, 15) is 48.3 Å². The highest BCUT2D eigenvalue weighted by Crippen LogP contribution is 2.44. The van der Waals surface area contributed by atoms with Crippen LogP contribution in [0, 0.1) is 0 Å². The predicted octanol–water partition coefficient (Wildman–Crippen LogP) is 4.47. The Morgan fingerprint density at radius 3 is 1.50 bits per heavy atom. The van der Waals surface area contributed by atoms with E-state index in [1.807, 2.05) is 0 Å². The molecule has 12 heteroatoms. The van der Waals surface area contributed by atoms with Crippen molar-refractivity contribution < 1.29 is 53.0 Å². The number of hydrogen-bond acceptors (Lipinski definition) is 1. The SMILES string of the molecule is CC(OC(F)(C(F)CC(F)(F)F)C(F)(F)F)C(F)(F)F. The van der Waals surface area contributed by atoms with Crippen molar-refractivity contribution >= 4 is 0 Å². The minimum atomic E-state index is -6.42. The van der Waals surface area contributed by atoms with Gasteiger partial charge in [-0.25, -0.2) is 4.39 Å². The van der Waals surface area contributed by atoms with Gasteiger partial charge < -0.3 is 4.74 Å².